The second-order valence-electron chi connectivity index (χ2n) is 5.00. The molecule has 1 unspecified atom stereocenters. The molecule has 110 valence electrons. The van der Waals surface area contributed by atoms with E-state index in [0.29, 0.717) is 5.82 Å². The number of nitrogens with zero attached hydrogens (tertiary/aromatic N) is 2. The molecule has 7 heteroatoms. The van der Waals surface area contributed by atoms with Gasteiger partial charge in [0.1, 0.15) is 12.4 Å². The highest BCUT2D eigenvalue weighted by Crippen LogP contribution is 2.25. The molecule has 2 heterocycles. The standard InChI is InChI=1S/C14H15N3O3S/c1-3-21(18,19)20-14(2)10-15-17-9-8-11-6-4-5-7-12(11)13(17)16-14/h4-10H,3H2,1-2H3/p+1. The van der Waals surface area contributed by atoms with Gasteiger partial charge in [-0.05, 0) is 24.4 Å². The number of benzene rings is 1. The largest absolute Gasteiger partial charge is 0.310 e. The summed E-state index contributed by atoms with van der Waals surface area (Å²) in [6, 6.07) is 9.75. The van der Waals surface area contributed by atoms with Crippen molar-refractivity contribution in [1.29, 1.82) is 0 Å². The smallest absolute Gasteiger partial charge is 0.237 e. The molecule has 0 bridgehead atoms. The predicted molar refractivity (Wildman–Crippen MR) is 80.6 cm³/mol. The van der Waals surface area contributed by atoms with Crippen LogP contribution < -0.4 is 9.99 Å². The number of nitrogens with one attached hydrogen (secondary N) is 1. The van der Waals surface area contributed by atoms with E-state index in [-0.39, 0.29) is 5.75 Å². The molecule has 1 aromatic carbocycles. The van der Waals surface area contributed by atoms with Crippen molar-refractivity contribution in [2.24, 2.45) is 5.10 Å². The summed E-state index contributed by atoms with van der Waals surface area (Å²) in [5, 5.41) is 9.35. The molecule has 1 atom stereocenters. The molecule has 0 radical (unpaired) electrons. The number of fused-ring (bicyclic) bond motifs is 3. The maximum absolute atomic E-state index is 11.7. The molecular weight excluding hydrogens is 290 g/mol. The second-order valence-corrected chi connectivity index (χ2v) is 6.86. The van der Waals surface area contributed by atoms with Gasteiger partial charge < -0.3 is 0 Å². The van der Waals surface area contributed by atoms with Crippen LogP contribution in [-0.4, -0.2) is 26.1 Å². The van der Waals surface area contributed by atoms with Crippen molar-refractivity contribution in [2.45, 2.75) is 19.6 Å². The van der Waals surface area contributed by atoms with Crippen LogP contribution in [0, 0.1) is 0 Å². The second kappa shape index (κ2) is 4.78. The summed E-state index contributed by atoms with van der Waals surface area (Å²) >= 11 is 0. The fraction of sp³-hybridized carbons (Fsp3) is 0.286. The van der Waals surface area contributed by atoms with Crippen molar-refractivity contribution in [2.75, 3.05) is 11.1 Å². The minimum absolute atomic E-state index is 0.0896. The van der Waals surface area contributed by atoms with E-state index in [1.165, 1.54) is 13.1 Å². The van der Waals surface area contributed by atoms with E-state index in [2.05, 4.69) is 10.4 Å². The van der Waals surface area contributed by atoms with Gasteiger partial charge in [0, 0.05) is 6.92 Å². The number of hydrogen-bond donors (Lipinski definition) is 1. The fourth-order valence-corrected chi connectivity index (χ4v) is 2.96. The Labute approximate surface area is 123 Å². The molecule has 0 fully saturated rings. The molecule has 0 amide bonds. The maximum Gasteiger partial charge on any atom is 0.310 e. The summed E-state index contributed by atoms with van der Waals surface area (Å²) in [6.45, 7) is 3.17. The summed E-state index contributed by atoms with van der Waals surface area (Å²) in [5.74, 6) is 0.609. The molecule has 2 aromatic rings. The van der Waals surface area contributed by atoms with E-state index >= 15 is 0 Å². The van der Waals surface area contributed by atoms with Gasteiger partial charge in [0.15, 0.2) is 0 Å². The van der Waals surface area contributed by atoms with Gasteiger partial charge in [-0.25, -0.2) is 9.50 Å². The van der Waals surface area contributed by atoms with Crippen LogP contribution in [0.1, 0.15) is 13.8 Å². The molecule has 0 spiro atoms. The lowest BCUT2D eigenvalue weighted by Gasteiger charge is -2.24. The molecular formula is C14H16N3O3S+. The Kier molecular flexibility index (Phi) is 3.18. The highest BCUT2D eigenvalue weighted by atomic mass is 32.2. The van der Waals surface area contributed by atoms with Crippen molar-refractivity contribution < 1.29 is 17.3 Å². The fourth-order valence-electron chi connectivity index (χ4n) is 2.23. The number of pyridine rings is 1. The first-order valence-electron chi connectivity index (χ1n) is 6.63. The van der Waals surface area contributed by atoms with E-state index in [1.807, 2.05) is 36.5 Å². The Morgan fingerprint density at radius 1 is 1.33 bits per heavy atom. The van der Waals surface area contributed by atoms with Crippen LogP contribution in [-0.2, 0) is 14.3 Å². The number of aromatic nitrogens is 1. The molecule has 1 N–H and O–H groups in total. The van der Waals surface area contributed by atoms with Gasteiger partial charge in [0.2, 0.25) is 0 Å². The molecule has 21 heavy (non-hydrogen) atoms. The quantitative estimate of drug-likeness (QED) is 0.688. The van der Waals surface area contributed by atoms with Crippen LogP contribution in [0.15, 0.2) is 41.6 Å². The summed E-state index contributed by atoms with van der Waals surface area (Å²) in [4.78, 5) is 0. The molecule has 1 aliphatic rings. The van der Waals surface area contributed by atoms with Gasteiger partial charge >= 0.3 is 5.82 Å². The minimum atomic E-state index is -3.60. The predicted octanol–water partition coefficient (Wildman–Crippen LogP) is 1.47. The average molecular weight is 306 g/mol. The molecule has 0 aliphatic carbocycles. The zero-order valence-electron chi connectivity index (χ0n) is 11.8. The van der Waals surface area contributed by atoms with Crippen LogP contribution in [0.2, 0.25) is 0 Å². The van der Waals surface area contributed by atoms with Crippen molar-refractivity contribution in [1.82, 2.24) is 0 Å². The van der Waals surface area contributed by atoms with Crippen molar-refractivity contribution in [3.8, 4) is 0 Å². The SMILES string of the molecule is CCS(=O)(=O)OC1(C)C=N[n+]2ccc3ccccc3c2N1. The first-order chi connectivity index (χ1) is 9.92. The highest BCUT2D eigenvalue weighted by Gasteiger charge is 2.39. The van der Waals surface area contributed by atoms with Crippen LogP contribution in [0.4, 0.5) is 5.82 Å². The van der Waals surface area contributed by atoms with E-state index in [1.54, 1.807) is 11.6 Å². The molecule has 0 saturated carbocycles. The molecule has 1 aliphatic heterocycles. The lowest BCUT2D eigenvalue weighted by atomic mass is 10.1. The lowest BCUT2D eigenvalue weighted by molar-refractivity contribution is -0.665. The topological polar surface area (TPSA) is 71.6 Å². The summed E-state index contributed by atoms with van der Waals surface area (Å²) in [7, 11) is -3.60. The first kappa shape index (κ1) is 14.0. The van der Waals surface area contributed by atoms with Gasteiger partial charge in [-0.2, -0.15) is 8.42 Å². The summed E-state index contributed by atoms with van der Waals surface area (Å²) in [6.07, 6.45) is 3.26. The number of anilines is 1. The minimum Gasteiger partial charge on any atom is -0.237 e. The summed E-state index contributed by atoms with van der Waals surface area (Å²) < 4.78 is 30.3. The highest BCUT2D eigenvalue weighted by molar-refractivity contribution is 7.86. The van der Waals surface area contributed by atoms with E-state index < -0.39 is 15.8 Å². The van der Waals surface area contributed by atoms with Crippen molar-refractivity contribution in [3.63, 3.8) is 0 Å². The van der Waals surface area contributed by atoms with Crippen molar-refractivity contribution in [3.05, 3.63) is 36.5 Å². The van der Waals surface area contributed by atoms with E-state index in [4.69, 9.17) is 4.18 Å². The Morgan fingerprint density at radius 2 is 2.10 bits per heavy atom. The third-order valence-electron chi connectivity index (χ3n) is 3.29. The third-order valence-corrected chi connectivity index (χ3v) is 4.60. The Morgan fingerprint density at radius 3 is 2.86 bits per heavy atom. The third kappa shape index (κ3) is 2.62. The zero-order chi connectivity index (χ0) is 15.1. The van der Waals surface area contributed by atoms with Crippen LogP contribution in [0.5, 0.6) is 0 Å². The van der Waals surface area contributed by atoms with Crippen molar-refractivity contribution >= 4 is 32.9 Å². The number of hydrogen-bond acceptors (Lipinski definition) is 5. The van der Waals surface area contributed by atoms with E-state index in [0.717, 1.165) is 10.8 Å². The van der Waals surface area contributed by atoms with Crippen LogP contribution in [0.25, 0.3) is 10.8 Å². The lowest BCUT2D eigenvalue weighted by Crippen LogP contribution is -2.51. The molecule has 3 rings (SSSR count). The van der Waals surface area contributed by atoms with Gasteiger partial charge in [-0.15, -0.1) is 4.68 Å². The van der Waals surface area contributed by atoms with Crippen LogP contribution in [0.3, 0.4) is 0 Å². The number of rotatable bonds is 3. The Bertz CT molecular complexity index is 832. The molecule has 0 saturated heterocycles. The Balaban J connectivity index is 2.07. The van der Waals surface area contributed by atoms with Gasteiger partial charge in [-0.3, -0.25) is 0 Å². The monoisotopic (exact) mass is 306 g/mol. The van der Waals surface area contributed by atoms with E-state index in [9.17, 15) is 8.42 Å². The zero-order valence-corrected chi connectivity index (χ0v) is 12.6. The van der Waals surface area contributed by atoms with Gasteiger partial charge in [0.05, 0.1) is 11.1 Å². The maximum atomic E-state index is 11.7. The van der Waals surface area contributed by atoms with Crippen LogP contribution >= 0.6 is 0 Å². The summed E-state index contributed by atoms with van der Waals surface area (Å²) in [5.41, 5.74) is -1.20. The molecule has 6 nitrogen and oxygen atoms in total. The Hall–Kier alpha value is -1.99. The molecule has 1 aromatic heterocycles. The average Bonchev–Trinajstić information content (AvgIpc) is 2.46. The normalized spacial score (nSPS) is 21.0. The first-order valence-corrected chi connectivity index (χ1v) is 8.21. The van der Waals surface area contributed by atoms with Gasteiger partial charge in [-0.1, -0.05) is 23.3 Å². The van der Waals surface area contributed by atoms with Gasteiger partial charge in [0.25, 0.3) is 15.8 Å².